The lowest BCUT2D eigenvalue weighted by Gasteiger charge is -2.47. The lowest BCUT2D eigenvalue weighted by atomic mass is 9.57. The van der Waals surface area contributed by atoms with E-state index in [1.807, 2.05) is 0 Å². The minimum absolute atomic E-state index is 0.286. The molecule has 2 bridgehead atoms. The van der Waals surface area contributed by atoms with Crippen LogP contribution in [-0.4, -0.2) is 4.57 Å². The summed E-state index contributed by atoms with van der Waals surface area (Å²) < 4.78 is 2.43. The van der Waals surface area contributed by atoms with Gasteiger partial charge in [-0.05, 0) is 170 Å². The van der Waals surface area contributed by atoms with Crippen LogP contribution < -0.4 is 4.90 Å². The second-order valence-electron chi connectivity index (χ2n) is 18.3. The van der Waals surface area contributed by atoms with Crippen LogP contribution in [0.25, 0.3) is 82.1 Å². The first-order valence-corrected chi connectivity index (χ1v) is 22.9. The normalized spacial score (nSPS) is 17.0. The Bertz CT molecular complexity index is 3600. The summed E-state index contributed by atoms with van der Waals surface area (Å²) in [5, 5.41) is 10.2. The quantitative estimate of drug-likeness (QED) is 0.115. The Hall–Kier alpha value is -7.68. The lowest BCUT2D eigenvalue weighted by molar-refractivity contribution is 0.153. The van der Waals surface area contributed by atoms with Gasteiger partial charge in [-0.3, -0.25) is 0 Å². The number of para-hydroxylation sites is 1. The molecule has 2 heteroatoms. The summed E-state index contributed by atoms with van der Waals surface area (Å²) in [7, 11) is 0. The maximum absolute atomic E-state index is 2.43. The van der Waals surface area contributed by atoms with Crippen molar-refractivity contribution in [1.82, 2.24) is 4.57 Å². The number of anilines is 3. The minimum Gasteiger partial charge on any atom is -0.311 e. The summed E-state index contributed by atoms with van der Waals surface area (Å²) in [6.45, 7) is 0. The molecule has 10 aromatic carbocycles. The van der Waals surface area contributed by atoms with Crippen molar-refractivity contribution in [1.29, 1.82) is 0 Å². The van der Waals surface area contributed by atoms with Gasteiger partial charge in [-0.15, -0.1) is 0 Å². The van der Waals surface area contributed by atoms with E-state index < -0.39 is 0 Å². The molecule has 0 saturated heterocycles. The number of benzene rings is 10. The van der Waals surface area contributed by atoms with Gasteiger partial charge < -0.3 is 9.47 Å². The number of hydrogen-bond donors (Lipinski definition) is 0. The Morgan fingerprint density at radius 3 is 1.77 bits per heavy atom. The molecule has 1 aromatic heterocycles. The van der Waals surface area contributed by atoms with Gasteiger partial charge in [-0.2, -0.15) is 0 Å². The lowest BCUT2D eigenvalue weighted by Crippen LogP contribution is -2.39. The van der Waals surface area contributed by atoms with E-state index >= 15 is 0 Å². The molecule has 1 heterocycles. The Labute approximate surface area is 374 Å². The first-order valence-electron chi connectivity index (χ1n) is 22.9. The van der Waals surface area contributed by atoms with E-state index in [2.05, 4.69) is 234 Å². The van der Waals surface area contributed by atoms with Crippen LogP contribution in [0.3, 0.4) is 0 Å². The van der Waals surface area contributed by atoms with Crippen LogP contribution in [-0.2, 0) is 5.41 Å². The third kappa shape index (κ3) is 6.01. The van der Waals surface area contributed by atoms with Gasteiger partial charge in [-0.1, -0.05) is 152 Å². The molecule has 0 radical (unpaired) electrons. The monoisotopic (exact) mass is 818 g/mol. The molecule has 1 fully saturated rings. The molecule has 0 N–H and O–H groups in total. The summed E-state index contributed by atoms with van der Waals surface area (Å²) in [6, 6.07) is 79.0. The van der Waals surface area contributed by atoms with Crippen LogP contribution in [0.4, 0.5) is 17.1 Å². The van der Waals surface area contributed by atoms with Crippen molar-refractivity contribution in [3.05, 3.63) is 230 Å². The number of rotatable bonds is 7. The maximum Gasteiger partial charge on any atom is 0.0547 e. The van der Waals surface area contributed by atoms with Crippen molar-refractivity contribution in [2.45, 2.75) is 31.1 Å². The molecular weight excluding hydrogens is 773 g/mol. The molecule has 2 nitrogen and oxygen atoms in total. The largest absolute Gasteiger partial charge is 0.311 e. The maximum atomic E-state index is 2.43. The third-order valence-electron chi connectivity index (χ3n) is 14.5. The molecule has 0 unspecified atom stereocenters. The number of aromatic nitrogens is 1. The van der Waals surface area contributed by atoms with Gasteiger partial charge in [0, 0.05) is 33.5 Å². The molecule has 0 spiro atoms. The summed E-state index contributed by atoms with van der Waals surface area (Å²) >= 11 is 0. The van der Waals surface area contributed by atoms with Crippen LogP contribution in [0.2, 0.25) is 0 Å². The van der Waals surface area contributed by atoms with E-state index in [1.54, 1.807) is 0 Å². The predicted molar refractivity (Wildman–Crippen MR) is 272 cm³/mol. The molecule has 14 rings (SSSR count). The fourth-order valence-electron chi connectivity index (χ4n) is 11.4. The fourth-order valence-corrected chi connectivity index (χ4v) is 11.4. The second-order valence-corrected chi connectivity index (χ2v) is 18.3. The van der Waals surface area contributed by atoms with E-state index in [4.69, 9.17) is 0 Å². The van der Waals surface area contributed by atoms with E-state index in [1.165, 1.54) is 101 Å². The van der Waals surface area contributed by atoms with Gasteiger partial charge in [-0.25, -0.2) is 0 Å². The standard InChI is InChI=1S/C62H46N2/c1-2-14-47-39-61-59(37-46(47)13-1)57-21-7-8-22-60(57)64(61)53-17-11-16-45(36-53)43-23-29-50(30-24-43)63(52-33-27-49(28-34-52)62-35-10-9-12-42(40-62)41-62)51-31-25-44(26-32-51)58-38-48-15-3-4-18-54(48)55-19-5-6-20-56(55)58/h1-11,13-34,36-39,42H,12,35,40-41H2. The van der Waals surface area contributed by atoms with Crippen LogP contribution in [0.15, 0.2) is 224 Å². The molecule has 304 valence electrons. The first-order chi connectivity index (χ1) is 31.7. The van der Waals surface area contributed by atoms with Gasteiger partial charge in [0.15, 0.2) is 0 Å². The van der Waals surface area contributed by atoms with Crippen LogP contribution in [0.5, 0.6) is 0 Å². The zero-order valence-electron chi connectivity index (χ0n) is 35.7. The van der Waals surface area contributed by atoms with E-state index in [9.17, 15) is 0 Å². The first kappa shape index (κ1) is 36.9. The van der Waals surface area contributed by atoms with E-state index in [0.717, 1.165) is 35.1 Å². The smallest absolute Gasteiger partial charge is 0.0547 e. The zero-order chi connectivity index (χ0) is 42.2. The van der Waals surface area contributed by atoms with Crippen LogP contribution in [0.1, 0.15) is 31.2 Å². The summed E-state index contributed by atoms with van der Waals surface area (Å²) in [5.74, 6) is 0.828. The Balaban J connectivity index is 0.887. The molecule has 3 aliphatic rings. The molecule has 0 atom stereocenters. The highest BCUT2D eigenvalue weighted by molar-refractivity contribution is 6.15. The summed E-state index contributed by atoms with van der Waals surface area (Å²) in [6.07, 6.45) is 9.81. The Morgan fingerprint density at radius 1 is 0.406 bits per heavy atom. The van der Waals surface area contributed by atoms with Crippen molar-refractivity contribution in [2.75, 3.05) is 4.90 Å². The summed E-state index contributed by atoms with van der Waals surface area (Å²) in [5.41, 5.74) is 13.6. The third-order valence-corrected chi connectivity index (χ3v) is 14.5. The molecule has 0 aliphatic heterocycles. The van der Waals surface area contributed by atoms with Gasteiger partial charge in [0.05, 0.1) is 11.0 Å². The van der Waals surface area contributed by atoms with Crippen LogP contribution >= 0.6 is 0 Å². The van der Waals surface area contributed by atoms with E-state index in [-0.39, 0.29) is 5.41 Å². The number of hydrogen-bond acceptors (Lipinski definition) is 1. The van der Waals surface area contributed by atoms with Gasteiger partial charge in [0.25, 0.3) is 0 Å². The van der Waals surface area contributed by atoms with E-state index in [0.29, 0.717) is 0 Å². The summed E-state index contributed by atoms with van der Waals surface area (Å²) in [4.78, 5) is 2.42. The highest BCUT2D eigenvalue weighted by atomic mass is 15.1. The van der Waals surface area contributed by atoms with Crippen molar-refractivity contribution >= 4 is 71.2 Å². The van der Waals surface area contributed by atoms with Crippen molar-refractivity contribution in [2.24, 2.45) is 5.92 Å². The molecule has 11 aromatic rings. The molecule has 64 heavy (non-hydrogen) atoms. The van der Waals surface area contributed by atoms with Gasteiger partial charge in [0.1, 0.15) is 0 Å². The average Bonchev–Trinajstić information content (AvgIpc) is 3.47. The minimum atomic E-state index is 0.286. The predicted octanol–water partition coefficient (Wildman–Crippen LogP) is 17.0. The number of nitrogens with zero attached hydrogens (tertiary/aromatic N) is 2. The van der Waals surface area contributed by atoms with Gasteiger partial charge >= 0.3 is 0 Å². The van der Waals surface area contributed by atoms with Gasteiger partial charge in [0.2, 0.25) is 0 Å². The molecular formula is C62H46N2. The average molecular weight is 819 g/mol. The number of allylic oxidation sites excluding steroid dienone is 2. The zero-order valence-corrected chi connectivity index (χ0v) is 35.7. The molecule has 1 saturated carbocycles. The topological polar surface area (TPSA) is 8.17 Å². The number of fused-ring (bicyclic) bond motifs is 9. The Kier molecular flexibility index (Phi) is 8.49. The highest BCUT2D eigenvalue weighted by Gasteiger charge is 2.45. The van der Waals surface area contributed by atoms with Crippen molar-refractivity contribution < 1.29 is 0 Å². The molecule has 0 amide bonds. The molecule has 3 aliphatic carbocycles. The van der Waals surface area contributed by atoms with Crippen molar-refractivity contribution in [3.8, 4) is 27.9 Å². The SMILES string of the molecule is C1=CCC2(c3ccc(N(c4ccc(-c5cccc(-n6c7ccccc7c7cc8ccccc8cc76)c5)cc4)c4ccc(-c5cc6ccccc6c6ccccc56)cc4)cc3)CC(C1)C2. The Morgan fingerprint density at radius 2 is 1.02 bits per heavy atom. The second kappa shape index (κ2) is 14.7. The highest BCUT2D eigenvalue weighted by Crippen LogP contribution is 2.54. The van der Waals surface area contributed by atoms with Crippen LogP contribution in [0, 0.1) is 5.92 Å². The van der Waals surface area contributed by atoms with Crippen molar-refractivity contribution in [3.63, 3.8) is 0 Å². The fraction of sp³-hybridized carbons (Fsp3) is 0.0968.